The molecule has 0 atom stereocenters. The van der Waals surface area contributed by atoms with Gasteiger partial charge in [0.05, 0.1) is 18.4 Å². The van der Waals surface area contributed by atoms with E-state index in [0.29, 0.717) is 15.9 Å². The SMILES string of the molecule is NCc1ccc(S(=O)(=O)Nc2cncc(Br)c2)o1. The molecular weight excluding hydrogens is 322 g/mol. The number of halogens is 1. The standard InChI is InChI=1S/C10H10BrN3O3S/c11-7-3-8(6-13-5-7)14-18(15,16)10-2-1-9(4-12)17-10/h1-3,5-6,14H,4,12H2. The summed E-state index contributed by atoms with van der Waals surface area (Å²) in [6, 6.07) is 4.47. The molecule has 0 fully saturated rings. The van der Waals surface area contributed by atoms with E-state index in [-0.39, 0.29) is 11.6 Å². The second kappa shape index (κ2) is 5.09. The number of pyridine rings is 1. The molecule has 2 rings (SSSR count). The van der Waals surface area contributed by atoms with Gasteiger partial charge in [-0.05, 0) is 34.1 Å². The van der Waals surface area contributed by atoms with E-state index in [4.69, 9.17) is 10.2 Å². The lowest BCUT2D eigenvalue weighted by Crippen LogP contribution is -2.12. The van der Waals surface area contributed by atoms with Crippen molar-refractivity contribution in [3.05, 3.63) is 40.8 Å². The number of anilines is 1. The molecule has 0 aliphatic carbocycles. The van der Waals surface area contributed by atoms with Crippen LogP contribution in [0.1, 0.15) is 5.76 Å². The highest BCUT2D eigenvalue weighted by molar-refractivity contribution is 9.10. The molecule has 0 saturated heterocycles. The van der Waals surface area contributed by atoms with Crippen LogP contribution in [0.2, 0.25) is 0 Å². The van der Waals surface area contributed by atoms with Crippen molar-refractivity contribution in [1.82, 2.24) is 4.98 Å². The maximum absolute atomic E-state index is 12.0. The zero-order chi connectivity index (χ0) is 13.2. The van der Waals surface area contributed by atoms with Crippen LogP contribution < -0.4 is 10.5 Å². The van der Waals surface area contributed by atoms with Crippen LogP contribution in [0.3, 0.4) is 0 Å². The Bertz CT molecular complexity index is 654. The van der Waals surface area contributed by atoms with Gasteiger partial charge in [-0.15, -0.1) is 0 Å². The number of nitrogens with zero attached hydrogens (tertiary/aromatic N) is 1. The zero-order valence-corrected chi connectivity index (χ0v) is 11.5. The third-order valence-electron chi connectivity index (χ3n) is 2.06. The summed E-state index contributed by atoms with van der Waals surface area (Å²) >= 11 is 3.20. The van der Waals surface area contributed by atoms with Gasteiger partial charge in [-0.2, -0.15) is 8.42 Å². The highest BCUT2D eigenvalue weighted by Crippen LogP contribution is 2.20. The molecule has 0 radical (unpaired) electrons. The van der Waals surface area contributed by atoms with E-state index in [1.54, 1.807) is 12.3 Å². The second-order valence-corrected chi connectivity index (χ2v) is 5.95. The summed E-state index contributed by atoms with van der Waals surface area (Å²) in [5, 5.41) is -0.178. The van der Waals surface area contributed by atoms with Crippen LogP contribution in [0, 0.1) is 0 Å². The smallest absolute Gasteiger partial charge is 0.295 e. The summed E-state index contributed by atoms with van der Waals surface area (Å²) in [6.07, 6.45) is 2.95. The molecule has 0 unspecified atom stereocenters. The Hall–Kier alpha value is -1.38. The number of furan rings is 1. The highest BCUT2D eigenvalue weighted by atomic mass is 79.9. The predicted molar refractivity (Wildman–Crippen MR) is 69.3 cm³/mol. The summed E-state index contributed by atoms with van der Waals surface area (Å²) in [6.45, 7) is 0.147. The number of nitrogens with one attached hydrogen (secondary N) is 1. The largest absolute Gasteiger partial charge is 0.446 e. The Morgan fingerprint density at radius 2 is 2.17 bits per heavy atom. The average molecular weight is 332 g/mol. The molecule has 0 amide bonds. The zero-order valence-electron chi connectivity index (χ0n) is 9.13. The molecule has 2 heterocycles. The number of hydrogen-bond acceptors (Lipinski definition) is 5. The fraction of sp³-hybridized carbons (Fsp3) is 0.100. The van der Waals surface area contributed by atoms with E-state index < -0.39 is 10.0 Å². The van der Waals surface area contributed by atoms with Crippen molar-refractivity contribution in [2.24, 2.45) is 5.73 Å². The molecule has 0 aliphatic heterocycles. The van der Waals surface area contributed by atoms with Gasteiger partial charge in [0.25, 0.3) is 10.0 Å². The minimum atomic E-state index is -3.75. The second-order valence-electron chi connectivity index (χ2n) is 3.42. The summed E-state index contributed by atoms with van der Waals surface area (Å²) in [4.78, 5) is 3.86. The van der Waals surface area contributed by atoms with Gasteiger partial charge in [-0.25, -0.2) is 0 Å². The molecule has 18 heavy (non-hydrogen) atoms. The number of sulfonamides is 1. The van der Waals surface area contributed by atoms with Crippen LogP contribution in [0.25, 0.3) is 0 Å². The van der Waals surface area contributed by atoms with Crippen molar-refractivity contribution in [1.29, 1.82) is 0 Å². The topological polar surface area (TPSA) is 98.2 Å². The molecule has 0 saturated carbocycles. The molecule has 96 valence electrons. The first kappa shape index (κ1) is 13.1. The summed E-state index contributed by atoms with van der Waals surface area (Å²) in [7, 11) is -3.75. The molecular formula is C10H10BrN3O3S. The summed E-state index contributed by atoms with van der Waals surface area (Å²) in [5.74, 6) is 0.405. The molecule has 3 N–H and O–H groups in total. The maximum Gasteiger partial charge on any atom is 0.295 e. The molecule has 0 aromatic carbocycles. The molecule has 2 aromatic heterocycles. The van der Waals surface area contributed by atoms with Crippen molar-refractivity contribution in [2.45, 2.75) is 11.6 Å². The van der Waals surface area contributed by atoms with E-state index in [1.165, 1.54) is 18.3 Å². The Labute approximate surface area is 112 Å². The van der Waals surface area contributed by atoms with Crippen LogP contribution in [0.5, 0.6) is 0 Å². The number of rotatable bonds is 4. The predicted octanol–water partition coefficient (Wildman–Crippen LogP) is 1.70. The Morgan fingerprint density at radius 1 is 1.39 bits per heavy atom. The van der Waals surface area contributed by atoms with Crippen molar-refractivity contribution in [3.8, 4) is 0 Å². The van der Waals surface area contributed by atoms with E-state index in [2.05, 4.69) is 25.6 Å². The van der Waals surface area contributed by atoms with E-state index >= 15 is 0 Å². The molecule has 0 aliphatic rings. The van der Waals surface area contributed by atoms with Crippen LogP contribution >= 0.6 is 15.9 Å². The summed E-state index contributed by atoms with van der Waals surface area (Å²) in [5.41, 5.74) is 5.70. The van der Waals surface area contributed by atoms with Gasteiger partial charge in [-0.1, -0.05) is 0 Å². The fourth-order valence-corrected chi connectivity index (χ4v) is 2.64. The van der Waals surface area contributed by atoms with Crippen molar-refractivity contribution in [2.75, 3.05) is 4.72 Å². The molecule has 0 bridgehead atoms. The quantitative estimate of drug-likeness (QED) is 0.888. The lowest BCUT2D eigenvalue weighted by Gasteiger charge is -2.05. The summed E-state index contributed by atoms with van der Waals surface area (Å²) < 4.78 is 32.0. The minimum Gasteiger partial charge on any atom is -0.446 e. The average Bonchev–Trinajstić information content (AvgIpc) is 2.77. The van der Waals surface area contributed by atoms with E-state index in [9.17, 15) is 8.42 Å². The Kier molecular flexibility index (Phi) is 3.69. The molecule has 6 nitrogen and oxygen atoms in total. The van der Waals surface area contributed by atoms with Gasteiger partial charge >= 0.3 is 0 Å². The van der Waals surface area contributed by atoms with Crippen molar-refractivity contribution < 1.29 is 12.8 Å². The monoisotopic (exact) mass is 331 g/mol. The molecule has 2 aromatic rings. The van der Waals surface area contributed by atoms with Gasteiger partial charge in [0.1, 0.15) is 5.76 Å². The normalized spacial score (nSPS) is 11.4. The first-order chi connectivity index (χ1) is 8.51. The van der Waals surface area contributed by atoms with Gasteiger partial charge in [-0.3, -0.25) is 9.71 Å². The Morgan fingerprint density at radius 3 is 2.78 bits per heavy atom. The molecule has 0 spiro atoms. The lowest BCUT2D eigenvalue weighted by molar-refractivity contribution is 0.417. The number of aromatic nitrogens is 1. The minimum absolute atomic E-state index is 0.147. The lowest BCUT2D eigenvalue weighted by atomic mass is 10.4. The highest BCUT2D eigenvalue weighted by Gasteiger charge is 2.18. The van der Waals surface area contributed by atoms with Gasteiger partial charge < -0.3 is 10.2 Å². The maximum atomic E-state index is 12.0. The van der Waals surface area contributed by atoms with Crippen molar-refractivity contribution >= 4 is 31.6 Å². The third kappa shape index (κ3) is 2.89. The Balaban J connectivity index is 2.27. The van der Waals surface area contributed by atoms with Crippen LogP contribution in [-0.4, -0.2) is 13.4 Å². The molecule has 8 heteroatoms. The van der Waals surface area contributed by atoms with Crippen LogP contribution in [0.15, 0.2) is 44.6 Å². The van der Waals surface area contributed by atoms with Gasteiger partial charge in [0.15, 0.2) is 0 Å². The first-order valence-electron chi connectivity index (χ1n) is 4.93. The van der Waals surface area contributed by atoms with E-state index in [0.717, 1.165) is 0 Å². The number of nitrogens with two attached hydrogens (primary N) is 1. The van der Waals surface area contributed by atoms with Gasteiger partial charge in [0, 0.05) is 10.7 Å². The van der Waals surface area contributed by atoms with Gasteiger partial charge in [0.2, 0.25) is 5.09 Å². The van der Waals surface area contributed by atoms with Crippen molar-refractivity contribution in [3.63, 3.8) is 0 Å². The first-order valence-corrected chi connectivity index (χ1v) is 7.21. The number of hydrogen-bond donors (Lipinski definition) is 2. The third-order valence-corrected chi connectivity index (χ3v) is 3.75. The van der Waals surface area contributed by atoms with E-state index in [1.807, 2.05) is 0 Å². The van der Waals surface area contributed by atoms with Crippen LogP contribution in [0.4, 0.5) is 5.69 Å². The fourth-order valence-electron chi connectivity index (χ4n) is 1.29. The van der Waals surface area contributed by atoms with Crippen LogP contribution in [-0.2, 0) is 16.6 Å².